The van der Waals surface area contributed by atoms with Crippen LogP contribution in [-0.4, -0.2) is 82.4 Å². The molecule has 1 N–H and O–H groups in total. The Hall–Kier alpha value is -2.90. The summed E-state index contributed by atoms with van der Waals surface area (Å²) in [5.41, 5.74) is 3.24. The first-order chi connectivity index (χ1) is 17.5. The average molecular weight is 490 g/mol. The third-order valence-electron chi connectivity index (χ3n) is 8.17. The van der Waals surface area contributed by atoms with Crippen LogP contribution in [-0.2, 0) is 16.1 Å². The first-order valence-corrected chi connectivity index (χ1v) is 13.5. The first kappa shape index (κ1) is 24.8. The zero-order valence-electron chi connectivity index (χ0n) is 21.9. The average Bonchev–Trinajstić information content (AvgIpc) is 3.22. The molecule has 3 aromatic rings. The molecule has 2 unspecified atom stereocenters. The van der Waals surface area contributed by atoms with Gasteiger partial charge in [0.05, 0.1) is 12.6 Å². The minimum absolute atomic E-state index is 0.0141. The fraction of sp³-hybridized carbons (Fsp3) is 0.517. The van der Waals surface area contributed by atoms with Crippen molar-refractivity contribution >= 4 is 39.3 Å². The smallest absolute Gasteiger partial charge is 0.241 e. The van der Waals surface area contributed by atoms with Crippen LogP contribution >= 0.6 is 0 Å². The second-order valence-corrected chi connectivity index (χ2v) is 10.4. The Morgan fingerprint density at radius 3 is 2.47 bits per heavy atom. The lowest BCUT2D eigenvalue weighted by molar-refractivity contribution is -0.136. The molecule has 7 heteroatoms. The monoisotopic (exact) mass is 489 g/mol. The van der Waals surface area contributed by atoms with Crippen LogP contribution in [0.5, 0.6) is 0 Å². The molecule has 0 radical (unpaired) electrons. The van der Waals surface area contributed by atoms with Gasteiger partial charge in [-0.05, 0) is 64.3 Å². The summed E-state index contributed by atoms with van der Waals surface area (Å²) < 4.78 is 2.31. The summed E-state index contributed by atoms with van der Waals surface area (Å²) in [6, 6.07) is 14.8. The van der Waals surface area contributed by atoms with Crippen LogP contribution in [0.2, 0.25) is 0 Å². The predicted octanol–water partition coefficient (Wildman–Crippen LogP) is 4.16. The van der Waals surface area contributed by atoms with Gasteiger partial charge < -0.3 is 14.8 Å². The van der Waals surface area contributed by atoms with E-state index < -0.39 is 0 Å². The summed E-state index contributed by atoms with van der Waals surface area (Å²) >= 11 is 0. The van der Waals surface area contributed by atoms with Crippen LogP contribution in [0.15, 0.2) is 42.5 Å². The van der Waals surface area contributed by atoms with Gasteiger partial charge in [0.25, 0.3) is 0 Å². The van der Waals surface area contributed by atoms with E-state index in [1.807, 2.05) is 13.0 Å². The molecule has 2 atom stereocenters. The van der Waals surface area contributed by atoms with Gasteiger partial charge in [-0.15, -0.1) is 0 Å². The number of benzene rings is 2. The largest absolute Gasteiger partial charge is 0.341 e. The number of carbonyl (C=O) groups is 2. The number of nitrogens with zero attached hydrogens (tertiary/aromatic N) is 4. The zero-order valence-corrected chi connectivity index (χ0v) is 21.9. The van der Waals surface area contributed by atoms with Gasteiger partial charge in [-0.1, -0.05) is 18.2 Å². The maximum atomic E-state index is 13.1. The molecule has 2 aliphatic rings. The number of likely N-dealkylation sites (tertiary alicyclic amines) is 1. The summed E-state index contributed by atoms with van der Waals surface area (Å²) in [5.74, 6) is 0.265. The number of aryl methyl sites for hydroxylation is 1. The number of carbonyl (C=O) groups excluding carboxylic acids is 2. The number of fused-ring (bicyclic) bond motifs is 3. The van der Waals surface area contributed by atoms with Crippen molar-refractivity contribution in [2.75, 3.05) is 44.6 Å². The molecule has 2 saturated heterocycles. The molecule has 2 fully saturated rings. The second kappa shape index (κ2) is 10.6. The molecule has 192 valence electrons. The Bertz CT molecular complexity index is 1240. The van der Waals surface area contributed by atoms with Gasteiger partial charge in [0, 0.05) is 72.8 Å². The lowest BCUT2D eigenvalue weighted by atomic mass is 10.0. The quantitative estimate of drug-likeness (QED) is 0.565. The van der Waals surface area contributed by atoms with Crippen molar-refractivity contribution in [3.8, 4) is 0 Å². The third kappa shape index (κ3) is 4.87. The van der Waals surface area contributed by atoms with E-state index in [9.17, 15) is 9.59 Å². The van der Waals surface area contributed by atoms with E-state index >= 15 is 0 Å². The number of hydrogen-bond acceptors (Lipinski definition) is 4. The number of rotatable bonds is 6. The summed E-state index contributed by atoms with van der Waals surface area (Å²) in [6.45, 7) is 11.8. The topological polar surface area (TPSA) is 60.8 Å². The number of piperidine rings is 1. The summed E-state index contributed by atoms with van der Waals surface area (Å²) in [5, 5.41) is 5.53. The van der Waals surface area contributed by atoms with Gasteiger partial charge in [0.15, 0.2) is 0 Å². The van der Waals surface area contributed by atoms with Gasteiger partial charge in [-0.25, -0.2) is 0 Å². The van der Waals surface area contributed by atoms with Crippen LogP contribution in [0.1, 0.15) is 40.0 Å². The number of amides is 2. The van der Waals surface area contributed by atoms with Crippen molar-refractivity contribution in [3.63, 3.8) is 0 Å². The summed E-state index contributed by atoms with van der Waals surface area (Å²) in [4.78, 5) is 32.5. The highest BCUT2D eigenvalue weighted by Crippen LogP contribution is 2.31. The highest BCUT2D eigenvalue weighted by molar-refractivity contribution is 6.10. The van der Waals surface area contributed by atoms with Crippen molar-refractivity contribution in [2.45, 2.75) is 58.7 Å². The first-order valence-electron chi connectivity index (χ1n) is 13.5. The Morgan fingerprint density at radius 2 is 1.72 bits per heavy atom. The fourth-order valence-electron chi connectivity index (χ4n) is 5.94. The maximum Gasteiger partial charge on any atom is 0.241 e. The van der Waals surface area contributed by atoms with Gasteiger partial charge in [-0.2, -0.15) is 0 Å². The molecule has 2 amide bonds. The maximum absolute atomic E-state index is 13.1. The minimum Gasteiger partial charge on any atom is -0.341 e. The standard InChI is InChI=1S/C29H39N5O2/c1-4-33-26-11-6-5-10-24(26)25-19-23(12-13-27(25)33)30-29(36)22(3)32-17-15-31(16-18-32)20-28(35)34-14-8-7-9-21(34)2/h5-6,10-13,19,21-22H,4,7-9,14-18,20H2,1-3H3,(H,30,36). The number of aromatic nitrogens is 1. The predicted molar refractivity (Wildman–Crippen MR) is 146 cm³/mol. The molecule has 5 rings (SSSR count). The lowest BCUT2D eigenvalue weighted by Crippen LogP contribution is -2.55. The van der Waals surface area contributed by atoms with Gasteiger partial charge in [-0.3, -0.25) is 19.4 Å². The molecule has 2 aromatic carbocycles. The Kier molecular flexibility index (Phi) is 7.30. The minimum atomic E-state index is -0.224. The molecule has 0 aliphatic carbocycles. The van der Waals surface area contributed by atoms with Crippen molar-refractivity contribution < 1.29 is 9.59 Å². The molecule has 0 bridgehead atoms. The zero-order chi connectivity index (χ0) is 25.2. The van der Waals surface area contributed by atoms with E-state index in [0.29, 0.717) is 12.6 Å². The van der Waals surface area contributed by atoms with Crippen molar-refractivity contribution in [1.82, 2.24) is 19.3 Å². The van der Waals surface area contributed by atoms with Crippen LogP contribution in [0.25, 0.3) is 21.8 Å². The summed E-state index contributed by atoms with van der Waals surface area (Å²) in [7, 11) is 0. The van der Waals surface area contributed by atoms with Crippen LogP contribution in [0, 0.1) is 0 Å². The number of piperazine rings is 1. The lowest BCUT2D eigenvalue weighted by Gasteiger charge is -2.39. The van der Waals surface area contributed by atoms with Gasteiger partial charge in [0.1, 0.15) is 0 Å². The second-order valence-electron chi connectivity index (χ2n) is 10.4. The number of hydrogen-bond donors (Lipinski definition) is 1. The van der Waals surface area contributed by atoms with E-state index in [2.05, 4.69) is 74.8 Å². The van der Waals surface area contributed by atoms with Crippen LogP contribution in [0.3, 0.4) is 0 Å². The molecular formula is C29H39N5O2. The van der Waals surface area contributed by atoms with Crippen molar-refractivity contribution in [3.05, 3.63) is 42.5 Å². The highest BCUT2D eigenvalue weighted by atomic mass is 16.2. The molecule has 36 heavy (non-hydrogen) atoms. The molecule has 1 aromatic heterocycles. The number of nitrogens with one attached hydrogen (secondary N) is 1. The molecule has 2 aliphatic heterocycles. The molecule has 0 saturated carbocycles. The molecule has 0 spiro atoms. The third-order valence-corrected chi connectivity index (χ3v) is 8.17. The van der Waals surface area contributed by atoms with E-state index in [4.69, 9.17) is 0 Å². The molecular weight excluding hydrogens is 450 g/mol. The van der Waals surface area contributed by atoms with E-state index in [-0.39, 0.29) is 17.9 Å². The molecule has 3 heterocycles. The van der Waals surface area contributed by atoms with Crippen LogP contribution in [0.4, 0.5) is 5.69 Å². The Balaban J connectivity index is 1.18. The molecule has 7 nitrogen and oxygen atoms in total. The summed E-state index contributed by atoms with van der Waals surface area (Å²) in [6.07, 6.45) is 3.45. The fourth-order valence-corrected chi connectivity index (χ4v) is 5.94. The number of anilines is 1. The van der Waals surface area contributed by atoms with E-state index in [1.165, 1.54) is 28.2 Å². The SMILES string of the molecule is CCn1c2ccccc2c2cc(NC(=O)C(C)N3CCN(CC(=O)N4CCCCC4C)CC3)ccc21. The number of para-hydroxylation sites is 1. The van der Waals surface area contributed by atoms with E-state index in [0.717, 1.165) is 57.8 Å². The van der Waals surface area contributed by atoms with Crippen molar-refractivity contribution in [1.29, 1.82) is 0 Å². The highest BCUT2D eigenvalue weighted by Gasteiger charge is 2.29. The van der Waals surface area contributed by atoms with Gasteiger partial charge in [0.2, 0.25) is 11.8 Å². The van der Waals surface area contributed by atoms with E-state index in [1.54, 1.807) is 0 Å². The Labute approximate surface area is 214 Å². The van der Waals surface area contributed by atoms with Crippen molar-refractivity contribution in [2.24, 2.45) is 0 Å². The normalized spacial score (nSPS) is 20.6. The van der Waals surface area contributed by atoms with Crippen LogP contribution < -0.4 is 5.32 Å². The Morgan fingerprint density at radius 1 is 0.972 bits per heavy atom. The van der Waals surface area contributed by atoms with Gasteiger partial charge >= 0.3 is 0 Å².